The van der Waals surface area contributed by atoms with E-state index < -0.39 is 0 Å². The summed E-state index contributed by atoms with van der Waals surface area (Å²) in [6.07, 6.45) is 1.55. The van der Waals surface area contributed by atoms with Crippen molar-refractivity contribution in [3.63, 3.8) is 0 Å². The minimum atomic E-state index is -0.285. The molecule has 0 bridgehead atoms. The van der Waals surface area contributed by atoms with Gasteiger partial charge < -0.3 is 14.2 Å². The zero-order chi connectivity index (χ0) is 20.5. The van der Waals surface area contributed by atoms with Crippen LogP contribution in [-0.4, -0.2) is 57.0 Å². The summed E-state index contributed by atoms with van der Waals surface area (Å²) in [5.41, 5.74) is 4.13. The molecule has 1 aliphatic rings. The Bertz CT molecular complexity index is 843. The Kier molecular flexibility index (Phi) is 9.53. The summed E-state index contributed by atoms with van der Waals surface area (Å²) < 4.78 is 29.4. The second-order valence-corrected chi connectivity index (χ2v) is 6.51. The first-order valence-electron chi connectivity index (χ1n) is 9.31. The van der Waals surface area contributed by atoms with Crippen LogP contribution >= 0.6 is 12.4 Å². The Morgan fingerprint density at radius 2 is 1.93 bits per heavy atom. The van der Waals surface area contributed by atoms with Crippen LogP contribution in [-0.2, 0) is 16.1 Å². The van der Waals surface area contributed by atoms with Gasteiger partial charge in [-0.05, 0) is 41.5 Å². The lowest BCUT2D eigenvalue weighted by atomic mass is 10.2. The van der Waals surface area contributed by atoms with Gasteiger partial charge >= 0.3 is 0 Å². The van der Waals surface area contributed by atoms with E-state index in [0.29, 0.717) is 37.9 Å². The third kappa shape index (κ3) is 7.29. The number of carbonyl (C=O) groups excluding carboxylic acids is 1. The third-order valence-corrected chi connectivity index (χ3v) is 4.37. The zero-order valence-electron chi connectivity index (χ0n) is 16.7. The number of carbonyl (C=O) groups is 1. The summed E-state index contributed by atoms with van der Waals surface area (Å²) in [5, 5.41) is 4.00. The lowest BCUT2D eigenvalue weighted by Gasteiger charge is -2.25. The number of hydrazone groups is 1. The molecule has 0 aromatic heterocycles. The molecule has 1 aliphatic heterocycles. The predicted molar refractivity (Wildman–Crippen MR) is 114 cm³/mol. The van der Waals surface area contributed by atoms with Gasteiger partial charge in [0.05, 0.1) is 33.1 Å². The topological polar surface area (TPSA) is 72.4 Å². The van der Waals surface area contributed by atoms with Crippen molar-refractivity contribution in [2.75, 3.05) is 40.0 Å². The Labute approximate surface area is 181 Å². The molecule has 0 unspecified atom stereocenters. The minimum absolute atomic E-state index is 0. The van der Waals surface area contributed by atoms with Crippen molar-refractivity contribution in [2.24, 2.45) is 5.10 Å². The molecule has 1 fully saturated rings. The third-order valence-electron chi connectivity index (χ3n) is 4.37. The number of ether oxygens (including phenoxy) is 3. The highest BCUT2D eigenvalue weighted by atomic mass is 35.5. The van der Waals surface area contributed by atoms with Crippen LogP contribution in [0.3, 0.4) is 0 Å². The quantitative estimate of drug-likeness (QED) is 0.507. The van der Waals surface area contributed by atoms with Crippen LogP contribution in [0.2, 0.25) is 0 Å². The fourth-order valence-electron chi connectivity index (χ4n) is 2.80. The van der Waals surface area contributed by atoms with E-state index in [1.54, 1.807) is 43.7 Å². The maximum Gasteiger partial charge on any atom is 0.254 e. The summed E-state index contributed by atoms with van der Waals surface area (Å²) in [6, 6.07) is 11.5. The van der Waals surface area contributed by atoms with Crippen molar-refractivity contribution in [3.05, 3.63) is 59.4 Å². The second kappa shape index (κ2) is 12.1. The molecule has 0 aliphatic carbocycles. The Balaban J connectivity index is 0.00000320. The molecule has 1 amide bonds. The van der Waals surface area contributed by atoms with Crippen molar-refractivity contribution < 1.29 is 23.4 Å². The predicted octanol–water partition coefficient (Wildman–Crippen LogP) is 2.62. The van der Waals surface area contributed by atoms with Gasteiger partial charge in [0.2, 0.25) is 0 Å². The fraction of sp³-hybridized carbons (Fsp3) is 0.333. The minimum Gasteiger partial charge on any atom is -0.493 e. The van der Waals surface area contributed by atoms with E-state index in [9.17, 15) is 9.18 Å². The van der Waals surface area contributed by atoms with Gasteiger partial charge in [-0.15, -0.1) is 12.4 Å². The standard InChI is InChI=1S/C21H24FN3O4.ClH/c1-27-20-12-17(13-23-24-21(26)14-25-8-10-28-11-9-25)4-7-19(20)29-15-16-2-5-18(22)6-3-16;/h2-7,12-13H,8-11,14-15H2,1H3,(H,24,26);1H/b23-13+;. The molecule has 1 N–H and O–H groups in total. The lowest BCUT2D eigenvalue weighted by molar-refractivity contribution is -0.123. The average Bonchev–Trinajstić information content (AvgIpc) is 2.74. The summed E-state index contributed by atoms with van der Waals surface area (Å²) in [7, 11) is 1.55. The van der Waals surface area contributed by atoms with Gasteiger partial charge in [-0.25, -0.2) is 9.82 Å². The smallest absolute Gasteiger partial charge is 0.254 e. The molecule has 7 nitrogen and oxygen atoms in total. The van der Waals surface area contributed by atoms with Crippen LogP contribution in [0, 0.1) is 5.82 Å². The van der Waals surface area contributed by atoms with Gasteiger partial charge in [0.25, 0.3) is 5.91 Å². The number of nitrogens with one attached hydrogen (secondary N) is 1. The SMILES string of the molecule is COc1cc(/C=N/NC(=O)CN2CCOCC2)ccc1OCc1ccc(F)cc1.Cl. The number of hydrogen-bond donors (Lipinski definition) is 1. The van der Waals surface area contributed by atoms with E-state index in [0.717, 1.165) is 24.2 Å². The maximum atomic E-state index is 13.0. The van der Waals surface area contributed by atoms with Crippen molar-refractivity contribution in [1.29, 1.82) is 0 Å². The first kappa shape index (κ1) is 23.6. The molecule has 30 heavy (non-hydrogen) atoms. The van der Waals surface area contributed by atoms with Crippen molar-refractivity contribution in [3.8, 4) is 11.5 Å². The van der Waals surface area contributed by atoms with Gasteiger partial charge in [0.1, 0.15) is 12.4 Å². The summed E-state index contributed by atoms with van der Waals surface area (Å²) in [6.45, 7) is 3.36. The van der Waals surface area contributed by atoms with E-state index in [1.165, 1.54) is 12.1 Å². The fourth-order valence-corrected chi connectivity index (χ4v) is 2.80. The molecule has 2 aromatic carbocycles. The maximum absolute atomic E-state index is 13.0. The van der Waals surface area contributed by atoms with Gasteiger partial charge in [-0.1, -0.05) is 12.1 Å². The van der Waals surface area contributed by atoms with Crippen LogP contribution in [0.4, 0.5) is 4.39 Å². The largest absolute Gasteiger partial charge is 0.493 e. The van der Waals surface area contributed by atoms with E-state index in [2.05, 4.69) is 10.5 Å². The lowest BCUT2D eigenvalue weighted by Crippen LogP contribution is -2.42. The van der Waals surface area contributed by atoms with Gasteiger partial charge in [0.15, 0.2) is 11.5 Å². The number of halogens is 2. The molecular weight excluding hydrogens is 413 g/mol. The molecule has 1 heterocycles. The monoisotopic (exact) mass is 437 g/mol. The van der Waals surface area contributed by atoms with E-state index in [-0.39, 0.29) is 24.1 Å². The molecule has 1 saturated heterocycles. The van der Waals surface area contributed by atoms with Crippen molar-refractivity contribution in [1.82, 2.24) is 10.3 Å². The first-order chi connectivity index (χ1) is 14.1. The van der Waals surface area contributed by atoms with Crippen molar-refractivity contribution in [2.45, 2.75) is 6.61 Å². The highest BCUT2D eigenvalue weighted by Crippen LogP contribution is 2.28. The molecule has 0 saturated carbocycles. The molecule has 162 valence electrons. The van der Waals surface area contributed by atoms with Crippen molar-refractivity contribution >= 4 is 24.5 Å². The van der Waals surface area contributed by atoms with E-state index >= 15 is 0 Å². The zero-order valence-corrected chi connectivity index (χ0v) is 17.5. The highest BCUT2D eigenvalue weighted by Gasteiger charge is 2.13. The van der Waals surface area contributed by atoms with Crippen LogP contribution < -0.4 is 14.9 Å². The molecule has 3 rings (SSSR count). The van der Waals surface area contributed by atoms with Gasteiger partial charge in [0, 0.05) is 13.1 Å². The number of nitrogens with zero attached hydrogens (tertiary/aromatic N) is 2. The Morgan fingerprint density at radius 3 is 2.63 bits per heavy atom. The molecule has 0 atom stereocenters. The van der Waals surface area contributed by atoms with E-state index in [1.807, 2.05) is 4.90 Å². The number of morpholine rings is 1. The first-order valence-corrected chi connectivity index (χ1v) is 9.31. The molecule has 2 aromatic rings. The Morgan fingerprint density at radius 1 is 1.20 bits per heavy atom. The number of benzene rings is 2. The Hall–Kier alpha value is -2.68. The average molecular weight is 438 g/mol. The van der Waals surface area contributed by atoms with Crippen LogP contribution in [0.15, 0.2) is 47.6 Å². The molecular formula is C21H25ClFN3O4. The number of rotatable bonds is 8. The summed E-state index contributed by atoms with van der Waals surface area (Å²) in [5.74, 6) is 0.641. The summed E-state index contributed by atoms with van der Waals surface area (Å²) >= 11 is 0. The number of amides is 1. The molecule has 0 radical (unpaired) electrons. The molecule has 0 spiro atoms. The van der Waals surface area contributed by atoms with Gasteiger partial charge in [-0.3, -0.25) is 9.69 Å². The number of methoxy groups -OCH3 is 1. The van der Waals surface area contributed by atoms with E-state index in [4.69, 9.17) is 14.2 Å². The van der Waals surface area contributed by atoms with Crippen LogP contribution in [0.25, 0.3) is 0 Å². The molecule has 9 heteroatoms. The second-order valence-electron chi connectivity index (χ2n) is 6.51. The normalized spacial score (nSPS) is 14.2. The van der Waals surface area contributed by atoms with Crippen LogP contribution in [0.1, 0.15) is 11.1 Å². The summed E-state index contributed by atoms with van der Waals surface area (Å²) in [4.78, 5) is 14.0. The number of hydrogen-bond acceptors (Lipinski definition) is 6. The van der Waals surface area contributed by atoms with Crippen LogP contribution in [0.5, 0.6) is 11.5 Å². The van der Waals surface area contributed by atoms with Gasteiger partial charge in [-0.2, -0.15) is 5.10 Å². The highest BCUT2D eigenvalue weighted by molar-refractivity contribution is 5.85.